The van der Waals surface area contributed by atoms with E-state index in [4.69, 9.17) is 0 Å². The molecule has 0 aliphatic heterocycles. The van der Waals surface area contributed by atoms with Crippen molar-refractivity contribution in [1.29, 1.82) is 0 Å². The first-order valence-electron chi connectivity index (χ1n) is 6.13. The van der Waals surface area contributed by atoms with Crippen molar-refractivity contribution in [2.75, 3.05) is 0 Å². The molecule has 0 spiro atoms. The van der Waals surface area contributed by atoms with Gasteiger partial charge < -0.3 is 5.11 Å². The van der Waals surface area contributed by atoms with Gasteiger partial charge in [-0.2, -0.15) is 0 Å². The summed E-state index contributed by atoms with van der Waals surface area (Å²) < 4.78 is 27.3. The zero-order chi connectivity index (χ0) is 13.0. The molecule has 0 saturated carbocycles. The number of hydrogen-bond acceptors (Lipinski definition) is 1. The van der Waals surface area contributed by atoms with Crippen molar-refractivity contribution >= 4 is 0 Å². The van der Waals surface area contributed by atoms with Crippen LogP contribution in [0.1, 0.15) is 50.3 Å². The molecule has 1 rings (SSSR count). The molecule has 1 unspecified atom stereocenters. The third-order valence-corrected chi connectivity index (χ3v) is 3.36. The van der Waals surface area contributed by atoms with Gasteiger partial charge in [0.15, 0.2) is 0 Å². The Hall–Kier alpha value is -0.960. The highest BCUT2D eigenvalue weighted by Crippen LogP contribution is 2.29. The van der Waals surface area contributed by atoms with Gasteiger partial charge in [-0.3, -0.25) is 0 Å². The van der Waals surface area contributed by atoms with Gasteiger partial charge in [-0.1, -0.05) is 32.8 Å². The lowest BCUT2D eigenvalue weighted by Crippen LogP contribution is -2.10. The van der Waals surface area contributed by atoms with Gasteiger partial charge in [0.25, 0.3) is 0 Å². The molecule has 0 heterocycles. The standard InChI is InChI=1S/C14H20F2O/c1-4-10(5-2)8-12(17)13-11(15)7-6-9(3)14(13)16/h6-7,10,12,17H,4-5,8H2,1-3H3. The lowest BCUT2D eigenvalue weighted by Gasteiger charge is -2.19. The van der Waals surface area contributed by atoms with E-state index in [1.54, 1.807) is 6.92 Å². The summed E-state index contributed by atoms with van der Waals surface area (Å²) in [5.41, 5.74) is 0.182. The lowest BCUT2D eigenvalue weighted by atomic mass is 9.92. The van der Waals surface area contributed by atoms with Crippen LogP contribution in [0.5, 0.6) is 0 Å². The van der Waals surface area contributed by atoms with Crippen LogP contribution in [-0.2, 0) is 0 Å². The van der Waals surface area contributed by atoms with Crippen molar-refractivity contribution < 1.29 is 13.9 Å². The van der Waals surface area contributed by atoms with Gasteiger partial charge in [-0.25, -0.2) is 8.78 Å². The number of rotatable bonds is 5. The molecule has 1 nitrogen and oxygen atoms in total. The fourth-order valence-corrected chi connectivity index (χ4v) is 2.04. The van der Waals surface area contributed by atoms with Crippen LogP contribution >= 0.6 is 0 Å². The zero-order valence-corrected chi connectivity index (χ0v) is 10.6. The van der Waals surface area contributed by atoms with Crippen LogP contribution < -0.4 is 0 Å². The largest absolute Gasteiger partial charge is 0.388 e. The van der Waals surface area contributed by atoms with E-state index >= 15 is 0 Å². The van der Waals surface area contributed by atoms with E-state index in [2.05, 4.69) is 0 Å². The molecule has 17 heavy (non-hydrogen) atoms. The van der Waals surface area contributed by atoms with Crippen molar-refractivity contribution in [2.24, 2.45) is 5.92 Å². The number of halogens is 2. The Morgan fingerprint density at radius 1 is 1.18 bits per heavy atom. The molecule has 1 atom stereocenters. The van der Waals surface area contributed by atoms with Gasteiger partial charge in [0, 0.05) is 0 Å². The molecule has 0 saturated heterocycles. The Balaban J connectivity index is 2.95. The molecular formula is C14H20F2O. The first-order chi connectivity index (χ1) is 8.01. The third kappa shape index (κ3) is 3.25. The summed E-state index contributed by atoms with van der Waals surface area (Å²) in [7, 11) is 0. The molecule has 3 heteroatoms. The minimum Gasteiger partial charge on any atom is -0.388 e. The summed E-state index contributed by atoms with van der Waals surface area (Å²) in [6.45, 7) is 5.61. The Morgan fingerprint density at radius 2 is 1.76 bits per heavy atom. The van der Waals surface area contributed by atoms with Gasteiger partial charge in [0.1, 0.15) is 11.6 Å². The highest BCUT2D eigenvalue weighted by molar-refractivity contribution is 5.28. The van der Waals surface area contributed by atoms with Crippen LogP contribution in [0, 0.1) is 24.5 Å². The van der Waals surface area contributed by atoms with Crippen LogP contribution in [0.2, 0.25) is 0 Å². The summed E-state index contributed by atoms with van der Waals surface area (Å²) in [5.74, 6) is -0.987. The average Bonchev–Trinajstić information content (AvgIpc) is 2.31. The summed E-state index contributed by atoms with van der Waals surface area (Å²) in [5, 5.41) is 9.96. The summed E-state index contributed by atoms with van der Waals surface area (Å²) in [4.78, 5) is 0. The molecular weight excluding hydrogens is 222 g/mol. The van der Waals surface area contributed by atoms with E-state index in [1.807, 2.05) is 13.8 Å². The van der Waals surface area contributed by atoms with Gasteiger partial charge in [0.05, 0.1) is 11.7 Å². The molecule has 0 amide bonds. The first-order valence-corrected chi connectivity index (χ1v) is 6.13. The SMILES string of the molecule is CCC(CC)CC(O)c1c(F)ccc(C)c1F. The van der Waals surface area contributed by atoms with Crippen LogP contribution in [0.15, 0.2) is 12.1 Å². The van der Waals surface area contributed by atoms with Crippen LogP contribution in [0.25, 0.3) is 0 Å². The van der Waals surface area contributed by atoms with Crippen molar-refractivity contribution in [3.63, 3.8) is 0 Å². The minimum atomic E-state index is -1.06. The first kappa shape index (κ1) is 14.1. The number of aliphatic hydroxyl groups is 1. The smallest absolute Gasteiger partial charge is 0.134 e. The van der Waals surface area contributed by atoms with E-state index in [9.17, 15) is 13.9 Å². The van der Waals surface area contributed by atoms with Gasteiger partial charge in [-0.05, 0) is 30.9 Å². The topological polar surface area (TPSA) is 20.2 Å². The monoisotopic (exact) mass is 242 g/mol. The maximum Gasteiger partial charge on any atom is 0.134 e. The Kier molecular flexibility index (Phi) is 5.06. The second-order valence-corrected chi connectivity index (χ2v) is 4.53. The normalized spacial score (nSPS) is 13.1. The number of hydrogen-bond donors (Lipinski definition) is 1. The molecule has 1 aromatic carbocycles. The van der Waals surface area contributed by atoms with E-state index in [1.165, 1.54) is 12.1 Å². The van der Waals surface area contributed by atoms with Crippen molar-refractivity contribution in [3.8, 4) is 0 Å². The highest BCUT2D eigenvalue weighted by atomic mass is 19.1. The van der Waals surface area contributed by atoms with Gasteiger partial charge in [0.2, 0.25) is 0 Å². The number of aryl methyl sites for hydroxylation is 1. The molecule has 0 fully saturated rings. The van der Waals surface area contributed by atoms with E-state index < -0.39 is 17.7 Å². The summed E-state index contributed by atoms with van der Waals surface area (Å²) >= 11 is 0. The average molecular weight is 242 g/mol. The summed E-state index contributed by atoms with van der Waals surface area (Å²) in [6.07, 6.45) is 1.16. The van der Waals surface area contributed by atoms with E-state index in [0.29, 0.717) is 17.9 Å². The lowest BCUT2D eigenvalue weighted by molar-refractivity contribution is 0.132. The predicted octanol–water partition coefficient (Wildman–Crippen LogP) is 4.13. The van der Waals surface area contributed by atoms with Crippen LogP contribution in [0.4, 0.5) is 8.78 Å². The van der Waals surface area contributed by atoms with E-state index in [0.717, 1.165) is 12.8 Å². The molecule has 0 aliphatic rings. The molecule has 96 valence electrons. The second-order valence-electron chi connectivity index (χ2n) is 4.53. The quantitative estimate of drug-likeness (QED) is 0.823. The fourth-order valence-electron chi connectivity index (χ4n) is 2.04. The molecule has 1 N–H and O–H groups in total. The van der Waals surface area contributed by atoms with E-state index in [-0.39, 0.29) is 5.56 Å². The van der Waals surface area contributed by atoms with Crippen molar-refractivity contribution in [2.45, 2.75) is 46.1 Å². The molecule has 0 aliphatic carbocycles. The Bertz CT molecular complexity index is 373. The number of benzene rings is 1. The third-order valence-electron chi connectivity index (χ3n) is 3.36. The second kappa shape index (κ2) is 6.10. The zero-order valence-electron chi connectivity index (χ0n) is 10.6. The van der Waals surface area contributed by atoms with Gasteiger partial charge >= 0.3 is 0 Å². The Labute approximate surface area is 101 Å². The molecule has 0 bridgehead atoms. The molecule has 0 radical (unpaired) electrons. The summed E-state index contributed by atoms with van der Waals surface area (Å²) in [6, 6.07) is 2.60. The van der Waals surface area contributed by atoms with Crippen molar-refractivity contribution in [3.05, 3.63) is 34.9 Å². The van der Waals surface area contributed by atoms with Crippen molar-refractivity contribution in [1.82, 2.24) is 0 Å². The number of aliphatic hydroxyl groups excluding tert-OH is 1. The maximum absolute atomic E-state index is 13.8. The van der Waals surface area contributed by atoms with Crippen LogP contribution in [0.3, 0.4) is 0 Å². The Morgan fingerprint density at radius 3 is 2.29 bits per heavy atom. The molecule has 0 aromatic heterocycles. The predicted molar refractivity (Wildman–Crippen MR) is 64.7 cm³/mol. The maximum atomic E-state index is 13.8. The van der Waals surface area contributed by atoms with Gasteiger partial charge in [-0.15, -0.1) is 0 Å². The fraction of sp³-hybridized carbons (Fsp3) is 0.571. The highest BCUT2D eigenvalue weighted by Gasteiger charge is 2.21. The molecule has 1 aromatic rings. The minimum absolute atomic E-state index is 0.183. The van der Waals surface area contributed by atoms with Crippen LogP contribution in [-0.4, -0.2) is 5.11 Å².